The lowest BCUT2D eigenvalue weighted by atomic mass is 10.2. The molecule has 3 aromatic rings. The molecule has 3 heterocycles. The molecule has 0 bridgehead atoms. The van der Waals surface area contributed by atoms with Crippen LogP contribution in [0.5, 0.6) is 0 Å². The van der Waals surface area contributed by atoms with Crippen LogP contribution in [-0.2, 0) is 17.8 Å². The molecule has 4 rings (SSSR count). The molecule has 1 fully saturated rings. The van der Waals surface area contributed by atoms with Gasteiger partial charge in [-0.3, -0.25) is 14.2 Å². The van der Waals surface area contributed by atoms with Crippen molar-refractivity contribution >= 4 is 29.1 Å². The molecule has 9 heteroatoms. The van der Waals surface area contributed by atoms with Gasteiger partial charge >= 0.3 is 0 Å². The van der Waals surface area contributed by atoms with Crippen molar-refractivity contribution < 1.29 is 4.79 Å². The van der Waals surface area contributed by atoms with Crippen LogP contribution >= 0.6 is 11.6 Å². The summed E-state index contributed by atoms with van der Waals surface area (Å²) in [4.78, 5) is 20.9. The Balaban J connectivity index is 1.25. The lowest BCUT2D eigenvalue weighted by molar-refractivity contribution is -0.135. The maximum atomic E-state index is 12.7. The second-order valence-electron chi connectivity index (χ2n) is 7.49. The lowest BCUT2D eigenvalue weighted by Crippen LogP contribution is -2.55. The average Bonchev–Trinajstić information content (AvgIpc) is 3.20. The number of nitrogens with zero attached hydrogens (tertiary/aromatic N) is 6. The Morgan fingerprint density at radius 1 is 1.16 bits per heavy atom. The molecule has 1 aliphatic rings. The smallest absolute Gasteiger partial charge is 0.242 e. The van der Waals surface area contributed by atoms with Gasteiger partial charge in [-0.15, -0.1) is 10.2 Å². The Labute approximate surface area is 186 Å². The van der Waals surface area contributed by atoms with Gasteiger partial charge in [0.25, 0.3) is 0 Å². The van der Waals surface area contributed by atoms with Crippen molar-refractivity contribution in [3.05, 3.63) is 65.1 Å². The Bertz CT molecular complexity index is 1060. The first-order valence-electron chi connectivity index (χ1n) is 10.4. The molecule has 162 valence electrons. The number of fused-ring (bicyclic) bond motifs is 1. The van der Waals surface area contributed by atoms with Crippen molar-refractivity contribution in [2.45, 2.75) is 19.4 Å². The summed E-state index contributed by atoms with van der Waals surface area (Å²) in [6.07, 6.45) is 3.67. The molecule has 1 aromatic carbocycles. The molecule has 0 spiro atoms. The van der Waals surface area contributed by atoms with Crippen LogP contribution in [0.3, 0.4) is 0 Å². The van der Waals surface area contributed by atoms with E-state index in [0.717, 1.165) is 48.9 Å². The second-order valence-corrected chi connectivity index (χ2v) is 7.92. The first kappa shape index (κ1) is 21.1. The van der Waals surface area contributed by atoms with Gasteiger partial charge in [0.1, 0.15) is 5.82 Å². The Morgan fingerprint density at radius 2 is 2.00 bits per heavy atom. The molecule has 0 aliphatic carbocycles. The number of aryl methyl sites for hydroxylation is 1. The summed E-state index contributed by atoms with van der Waals surface area (Å²) in [5.41, 5.74) is 1.94. The number of aromatic nitrogens is 3. The number of rotatable bonds is 6. The third-order valence-electron chi connectivity index (χ3n) is 5.36. The average molecular weight is 440 g/mol. The molecule has 0 saturated carbocycles. The van der Waals surface area contributed by atoms with Gasteiger partial charge in [-0.1, -0.05) is 29.8 Å². The fraction of sp³-hybridized carbons (Fsp3) is 0.364. The van der Waals surface area contributed by atoms with Gasteiger partial charge in [0, 0.05) is 50.9 Å². The number of carbonyl (C=O) groups is 1. The van der Waals surface area contributed by atoms with Crippen molar-refractivity contribution in [3.63, 3.8) is 0 Å². The number of guanidine groups is 1. The van der Waals surface area contributed by atoms with E-state index in [-0.39, 0.29) is 5.91 Å². The third kappa shape index (κ3) is 5.14. The SMILES string of the molecule is CN=C(NCCCc1nnc2ccccn12)N1CCN(Cc2ccc(Cl)cc2)C(=O)C1. The molecule has 1 amide bonds. The van der Waals surface area contributed by atoms with Crippen molar-refractivity contribution in [1.29, 1.82) is 0 Å². The maximum Gasteiger partial charge on any atom is 0.242 e. The number of halogens is 1. The highest BCUT2D eigenvalue weighted by Gasteiger charge is 2.25. The topological polar surface area (TPSA) is 78.1 Å². The number of aliphatic imine (C=N–C) groups is 1. The number of piperazine rings is 1. The number of hydrogen-bond acceptors (Lipinski definition) is 4. The van der Waals surface area contributed by atoms with Crippen LogP contribution in [0.4, 0.5) is 0 Å². The summed E-state index contributed by atoms with van der Waals surface area (Å²) in [7, 11) is 1.75. The van der Waals surface area contributed by atoms with Gasteiger partial charge in [0.2, 0.25) is 5.91 Å². The lowest BCUT2D eigenvalue weighted by Gasteiger charge is -2.36. The molecule has 1 saturated heterocycles. The largest absolute Gasteiger partial charge is 0.356 e. The molecular weight excluding hydrogens is 414 g/mol. The molecular formula is C22H26ClN7O. The monoisotopic (exact) mass is 439 g/mol. The fourth-order valence-electron chi connectivity index (χ4n) is 3.71. The van der Waals surface area contributed by atoms with Crippen molar-refractivity contribution in [3.8, 4) is 0 Å². The molecule has 0 radical (unpaired) electrons. The van der Waals surface area contributed by atoms with E-state index < -0.39 is 0 Å². The fourth-order valence-corrected chi connectivity index (χ4v) is 3.83. The number of hydrogen-bond donors (Lipinski definition) is 1. The number of benzene rings is 1. The predicted octanol–water partition coefficient (Wildman–Crippen LogP) is 2.24. The Kier molecular flexibility index (Phi) is 6.66. The van der Waals surface area contributed by atoms with Gasteiger partial charge in [0.15, 0.2) is 11.6 Å². The normalized spacial score (nSPS) is 15.0. The highest BCUT2D eigenvalue weighted by molar-refractivity contribution is 6.30. The van der Waals surface area contributed by atoms with E-state index >= 15 is 0 Å². The zero-order chi connectivity index (χ0) is 21.6. The molecule has 2 aromatic heterocycles. The van der Waals surface area contributed by atoms with E-state index in [1.54, 1.807) is 7.05 Å². The van der Waals surface area contributed by atoms with Crippen LogP contribution in [0.2, 0.25) is 5.02 Å². The van der Waals surface area contributed by atoms with E-state index in [0.29, 0.717) is 24.7 Å². The van der Waals surface area contributed by atoms with Gasteiger partial charge in [-0.25, -0.2) is 0 Å². The summed E-state index contributed by atoms with van der Waals surface area (Å²) in [6.45, 7) is 3.07. The molecule has 31 heavy (non-hydrogen) atoms. The summed E-state index contributed by atoms with van der Waals surface area (Å²) in [6, 6.07) is 13.5. The van der Waals surface area contributed by atoms with E-state index in [1.807, 2.05) is 62.9 Å². The quantitative estimate of drug-likeness (QED) is 0.362. The summed E-state index contributed by atoms with van der Waals surface area (Å²) >= 11 is 5.94. The van der Waals surface area contributed by atoms with E-state index in [1.165, 1.54) is 0 Å². The van der Waals surface area contributed by atoms with Gasteiger partial charge in [-0.05, 0) is 36.2 Å². The van der Waals surface area contributed by atoms with E-state index in [2.05, 4.69) is 20.5 Å². The minimum absolute atomic E-state index is 0.0964. The van der Waals surface area contributed by atoms with Gasteiger partial charge in [0.05, 0.1) is 6.54 Å². The minimum Gasteiger partial charge on any atom is -0.356 e. The standard InChI is InChI=1S/C22H26ClN7O/c1-24-22(25-11-4-6-20-27-26-19-5-2-3-12-30(19)20)29-14-13-28(21(31)16-29)15-17-7-9-18(23)10-8-17/h2-3,5,7-10,12H,4,6,11,13-16H2,1H3,(H,24,25). The number of pyridine rings is 1. The highest BCUT2D eigenvalue weighted by atomic mass is 35.5. The van der Waals surface area contributed by atoms with Gasteiger partial charge < -0.3 is 15.1 Å². The Hall–Kier alpha value is -3.13. The van der Waals surface area contributed by atoms with Crippen LogP contribution in [-0.4, -0.2) is 69.5 Å². The number of carbonyl (C=O) groups excluding carboxylic acids is 1. The molecule has 0 unspecified atom stereocenters. The molecule has 1 aliphatic heterocycles. The van der Waals surface area contributed by atoms with Crippen LogP contribution in [0, 0.1) is 0 Å². The summed E-state index contributed by atoms with van der Waals surface area (Å²) in [5.74, 6) is 1.79. The first-order valence-corrected chi connectivity index (χ1v) is 10.8. The molecule has 8 nitrogen and oxygen atoms in total. The zero-order valence-electron chi connectivity index (χ0n) is 17.5. The maximum absolute atomic E-state index is 12.7. The number of amides is 1. The van der Waals surface area contributed by atoms with E-state index in [4.69, 9.17) is 11.6 Å². The molecule has 1 N–H and O–H groups in total. The summed E-state index contributed by atoms with van der Waals surface area (Å²) < 4.78 is 2.01. The first-order chi connectivity index (χ1) is 15.1. The molecule has 0 atom stereocenters. The Morgan fingerprint density at radius 3 is 2.77 bits per heavy atom. The van der Waals surface area contributed by atoms with Crippen LogP contribution in [0.15, 0.2) is 53.7 Å². The van der Waals surface area contributed by atoms with Crippen LogP contribution < -0.4 is 5.32 Å². The second kappa shape index (κ2) is 9.78. The van der Waals surface area contributed by atoms with Crippen LogP contribution in [0.25, 0.3) is 5.65 Å². The summed E-state index contributed by atoms with van der Waals surface area (Å²) in [5, 5.41) is 12.5. The minimum atomic E-state index is 0.0964. The number of nitrogens with one attached hydrogen (secondary N) is 1. The van der Waals surface area contributed by atoms with Crippen molar-refractivity contribution in [2.75, 3.05) is 33.2 Å². The van der Waals surface area contributed by atoms with Crippen LogP contribution in [0.1, 0.15) is 17.8 Å². The van der Waals surface area contributed by atoms with Crippen molar-refractivity contribution in [1.82, 2.24) is 29.7 Å². The predicted molar refractivity (Wildman–Crippen MR) is 121 cm³/mol. The van der Waals surface area contributed by atoms with Crippen molar-refractivity contribution in [2.24, 2.45) is 4.99 Å². The highest BCUT2D eigenvalue weighted by Crippen LogP contribution is 2.14. The third-order valence-corrected chi connectivity index (χ3v) is 5.61. The van der Waals surface area contributed by atoms with Gasteiger partial charge in [-0.2, -0.15) is 0 Å². The zero-order valence-corrected chi connectivity index (χ0v) is 18.3. The van der Waals surface area contributed by atoms with E-state index in [9.17, 15) is 4.79 Å².